The van der Waals surface area contributed by atoms with E-state index in [2.05, 4.69) is 32.7 Å². The third-order valence-corrected chi connectivity index (χ3v) is 6.66. The molecule has 29 heavy (non-hydrogen) atoms. The molecule has 0 radical (unpaired) electrons. The minimum atomic E-state index is -0.153. The van der Waals surface area contributed by atoms with E-state index in [0.717, 1.165) is 33.7 Å². The number of aryl methyl sites for hydroxylation is 1. The van der Waals surface area contributed by atoms with Crippen LogP contribution in [0.25, 0.3) is 21.3 Å². The van der Waals surface area contributed by atoms with Gasteiger partial charge in [0, 0.05) is 22.5 Å². The molecule has 0 saturated carbocycles. The number of carbonyl (C=O) groups is 1. The van der Waals surface area contributed by atoms with Gasteiger partial charge in [0.25, 0.3) is 5.56 Å². The summed E-state index contributed by atoms with van der Waals surface area (Å²) in [5.74, 6) is -0.0369. The zero-order chi connectivity index (χ0) is 21.1. The van der Waals surface area contributed by atoms with Gasteiger partial charge in [0.1, 0.15) is 11.4 Å². The van der Waals surface area contributed by atoms with E-state index in [9.17, 15) is 9.59 Å². The number of hydrogen-bond acceptors (Lipinski definition) is 4. The molecule has 0 saturated heterocycles. The lowest BCUT2D eigenvalue weighted by Gasteiger charge is -2.34. The molecular formula is C23H29N3O2S. The first-order valence-corrected chi connectivity index (χ1v) is 11.1. The van der Waals surface area contributed by atoms with Crippen molar-refractivity contribution < 1.29 is 4.79 Å². The Kier molecular flexibility index (Phi) is 6.52. The SMILES string of the molecule is CC[C@@H](C)N(C(=O)Cn1cnc2sc(C)c(-c3ccccc3)c2c1=O)[C@H](C)CC. The third kappa shape index (κ3) is 4.13. The molecule has 154 valence electrons. The third-order valence-electron chi connectivity index (χ3n) is 5.64. The van der Waals surface area contributed by atoms with Crippen LogP contribution in [0.1, 0.15) is 45.4 Å². The summed E-state index contributed by atoms with van der Waals surface area (Å²) < 4.78 is 1.46. The van der Waals surface area contributed by atoms with Crippen LogP contribution in [0.4, 0.5) is 0 Å². The van der Waals surface area contributed by atoms with Crippen LogP contribution in [0.3, 0.4) is 0 Å². The number of fused-ring (bicyclic) bond motifs is 1. The summed E-state index contributed by atoms with van der Waals surface area (Å²) in [6, 6.07) is 10.2. The normalized spacial score (nSPS) is 13.4. The summed E-state index contributed by atoms with van der Waals surface area (Å²) >= 11 is 1.52. The summed E-state index contributed by atoms with van der Waals surface area (Å²) in [6.07, 6.45) is 3.27. The van der Waals surface area contributed by atoms with Crippen molar-refractivity contribution >= 4 is 27.5 Å². The number of rotatable bonds is 7. The molecule has 0 unspecified atom stereocenters. The molecule has 2 heterocycles. The predicted octanol–water partition coefficient (Wildman–Crippen LogP) is 4.86. The highest BCUT2D eigenvalue weighted by Crippen LogP contribution is 2.35. The molecule has 2 aromatic heterocycles. The van der Waals surface area contributed by atoms with Crippen LogP contribution in [0.2, 0.25) is 0 Å². The van der Waals surface area contributed by atoms with Crippen LogP contribution in [0, 0.1) is 6.92 Å². The average Bonchev–Trinajstić information content (AvgIpc) is 3.07. The fourth-order valence-electron chi connectivity index (χ4n) is 3.75. The lowest BCUT2D eigenvalue weighted by atomic mass is 10.0. The topological polar surface area (TPSA) is 55.2 Å². The zero-order valence-corrected chi connectivity index (χ0v) is 18.6. The summed E-state index contributed by atoms with van der Waals surface area (Å²) in [5.41, 5.74) is 1.77. The lowest BCUT2D eigenvalue weighted by molar-refractivity contribution is -0.136. The first kappa shape index (κ1) is 21.2. The Balaban J connectivity index is 2.04. The molecule has 1 amide bonds. The first-order chi connectivity index (χ1) is 13.9. The smallest absolute Gasteiger partial charge is 0.263 e. The molecular weight excluding hydrogens is 382 g/mol. The highest BCUT2D eigenvalue weighted by molar-refractivity contribution is 7.19. The maximum Gasteiger partial charge on any atom is 0.263 e. The fourth-order valence-corrected chi connectivity index (χ4v) is 4.75. The average molecular weight is 412 g/mol. The van der Waals surface area contributed by atoms with E-state index in [4.69, 9.17) is 0 Å². The molecule has 2 atom stereocenters. The fraction of sp³-hybridized carbons (Fsp3) is 0.435. The van der Waals surface area contributed by atoms with E-state index in [1.165, 1.54) is 22.2 Å². The van der Waals surface area contributed by atoms with Crippen LogP contribution < -0.4 is 5.56 Å². The van der Waals surface area contributed by atoms with Gasteiger partial charge in [-0.25, -0.2) is 4.98 Å². The Morgan fingerprint density at radius 3 is 2.34 bits per heavy atom. The Hall–Kier alpha value is -2.47. The summed E-state index contributed by atoms with van der Waals surface area (Å²) in [4.78, 5) is 34.6. The molecule has 0 fully saturated rings. The van der Waals surface area contributed by atoms with Gasteiger partial charge in [-0.15, -0.1) is 11.3 Å². The molecule has 0 aliphatic rings. The molecule has 0 N–H and O–H groups in total. The van der Waals surface area contributed by atoms with Crippen molar-refractivity contribution in [1.82, 2.24) is 14.5 Å². The Morgan fingerprint density at radius 1 is 1.14 bits per heavy atom. The van der Waals surface area contributed by atoms with E-state index in [0.29, 0.717) is 5.39 Å². The minimum absolute atomic E-state index is 0.0135. The monoisotopic (exact) mass is 411 g/mol. The van der Waals surface area contributed by atoms with Crippen LogP contribution in [-0.4, -0.2) is 32.4 Å². The van der Waals surface area contributed by atoms with Gasteiger partial charge in [-0.2, -0.15) is 0 Å². The van der Waals surface area contributed by atoms with E-state index < -0.39 is 0 Å². The molecule has 0 aliphatic heterocycles. The largest absolute Gasteiger partial charge is 0.336 e. The molecule has 1 aromatic carbocycles. The molecule has 3 rings (SSSR count). The zero-order valence-electron chi connectivity index (χ0n) is 17.8. The number of benzene rings is 1. The van der Waals surface area contributed by atoms with Crippen molar-refractivity contribution in [3.8, 4) is 11.1 Å². The van der Waals surface area contributed by atoms with E-state index in [-0.39, 0.29) is 30.1 Å². The van der Waals surface area contributed by atoms with E-state index in [1.807, 2.05) is 42.2 Å². The maximum absolute atomic E-state index is 13.3. The molecule has 3 aromatic rings. The second-order valence-electron chi connectivity index (χ2n) is 7.57. The van der Waals surface area contributed by atoms with Gasteiger partial charge in [0.15, 0.2) is 0 Å². The highest BCUT2D eigenvalue weighted by atomic mass is 32.1. The molecule has 5 nitrogen and oxygen atoms in total. The van der Waals surface area contributed by atoms with Gasteiger partial charge in [0.2, 0.25) is 5.91 Å². The number of carbonyl (C=O) groups excluding carboxylic acids is 1. The van der Waals surface area contributed by atoms with Crippen LogP contribution in [0.5, 0.6) is 0 Å². The quantitative estimate of drug-likeness (QED) is 0.558. The number of nitrogens with zero attached hydrogens (tertiary/aromatic N) is 3. The molecule has 0 spiro atoms. The van der Waals surface area contributed by atoms with Crippen LogP contribution >= 0.6 is 11.3 Å². The predicted molar refractivity (Wildman–Crippen MR) is 120 cm³/mol. The van der Waals surface area contributed by atoms with Gasteiger partial charge in [-0.05, 0) is 39.2 Å². The van der Waals surface area contributed by atoms with E-state index >= 15 is 0 Å². The Morgan fingerprint density at radius 2 is 1.76 bits per heavy atom. The number of aromatic nitrogens is 2. The van der Waals surface area contributed by atoms with Crippen LogP contribution in [0.15, 0.2) is 41.5 Å². The highest BCUT2D eigenvalue weighted by Gasteiger charge is 2.25. The first-order valence-electron chi connectivity index (χ1n) is 10.2. The number of hydrogen-bond donors (Lipinski definition) is 0. The number of amides is 1. The van der Waals surface area contributed by atoms with E-state index in [1.54, 1.807) is 0 Å². The molecule has 0 bridgehead atoms. The van der Waals surface area contributed by atoms with Crippen molar-refractivity contribution in [2.45, 2.75) is 66.1 Å². The second-order valence-corrected chi connectivity index (χ2v) is 8.78. The summed E-state index contributed by atoms with van der Waals surface area (Å²) in [7, 11) is 0. The van der Waals surface area contributed by atoms with Crippen molar-refractivity contribution in [1.29, 1.82) is 0 Å². The standard InChI is InChI=1S/C23H29N3O2S/c1-6-15(3)26(16(4)7-2)19(27)13-25-14-24-22-21(23(25)28)20(17(5)29-22)18-11-9-8-10-12-18/h8-12,14-16H,6-7,13H2,1-5H3/t15-,16-/m1/s1. The Bertz CT molecular complexity index is 1050. The summed E-state index contributed by atoms with van der Waals surface area (Å²) in [5, 5.41) is 0.604. The van der Waals surface area contributed by atoms with Crippen LogP contribution in [-0.2, 0) is 11.3 Å². The van der Waals surface area contributed by atoms with Gasteiger partial charge in [0.05, 0.1) is 11.7 Å². The number of thiophene rings is 1. The Labute approximate surface area is 176 Å². The summed E-state index contributed by atoms with van der Waals surface area (Å²) in [6.45, 7) is 10.3. The van der Waals surface area contributed by atoms with Crippen molar-refractivity contribution in [3.05, 3.63) is 51.9 Å². The van der Waals surface area contributed by atoms with Gasteiger partial charge in [-0.1, -0.05) is 44.2 Å². The van der Waals surface area contributed by atoms with Crippen molar-refractivity contribution in [2.24, 2.45) is 0 Å². The van der Waals surface area contributed by atoms with Gasteiger partial charge in [-0.3, -0.25) is 14.2 Å². The van der Waals surface area contributed by atoms with Crippen molar-refractivity contribution in [2.75, 3.05) is 0 Å². The van der Waals surface area contributed by atoms with Crippen molar-refractivity contribution in [3.63, 3.8) is 0 Å². The minimum Gasteiger partial charge on any atom is -0.336 e. The second kappa shape index (κ2) is 8.91. The molecule has 6 heteroatoms. The van der Waals surface area contributed by atoms with Gasteiger partial charge >= 0.3 is 0 Å². The van der Waals surface area contributed by atoms with Gasteiger partial charge < -0.3 is 4.90 Å². The molecule has 0 aliphatic carbocycles. The lowest BCUT2D eigenvalue weighted by Crippen LogP contribution is -2.46. The maximum atomic E-state index is 13.3.